The summed E-state index contributed by atoms with van der Waals surface area (Å²) in [6.07, 6.45) is 2.26. The molecule has 0 radical (unpaired) electrons. The first-order valence-corrected chi connectivity index (χ1v) is 7.65. The van der Waals surface area contributed by atoms with Gasteiger partial charge < -0.3 is 0 Å². The predicted molar refractivity (Wildman–Crippen MR) is 69.3 cm³/mol. The van der Waals surface area contributed by atoms with Crippen molar-refractivity contribution in [1.82, 2.24) is 4.31 Å². The summed E-state index contributed by atoms with van der Waals surface area (Å²) in [5, 5.41) is 8.71. The maximum atomic E-state index is 12.2. The van der Waals surface area contributed by atoms with Gasteiger partial charge in [-0.15, -0.1) is 0 Å². The molecule has 18 heavy (non-hydrogen) atoms. The van der Waals surface area contributed by atoms with E-state index in [1.165, 1.54) is 4.31 Å². The van der Waals surface area contributed by atoms with Crippen LogP contribution in [0.15, 0.2) is 30.3 Å². The lowest BCUT2D eigenvalue weighted by molar-refractivity contribution is 0.438. The van der Waals surface area contributed by atoms with Crippen LogP contribution in [0.25, 0.3) is 0 Å². The van der Waals surface area contributed by atoms with Gasteiger partial charge in [-0.1, -0.05) is 30.3 Å². The van der Waals surface area contributed by atoms with Gasteiger partial charge in [0.25, 0.3) is 0 Å². The van der Waals surface area contributed by atoms with Gasteiger partial charge in [0.05, 0.1) is 11.8 Å². The standard InChI is InChI=1S/C13H16N2O2S/c14-9-10-15(13-6-7-13)18(16,17)11-8-12-4-2-1-3-5-12/h1-5,13H,6-8,10-11H2. The molecule has 1 saturated carbocycles. The van der Waals surface area contributed by atoms with E-state index in [4.69, 9.17) is 5.26 Å². The zero-order valence-corrected chi connectivity index (χ0v) is 10.9. The minimum Gasteiger partial charge on any atom is -0.212 e. The van der Waals surface area contributed by atoms with E-state index in [-0.39, 0.29) is 18.3 Å². The molecule has 0 heterocycles. The van der Waals surface area contributed by atoms with Crippen molar-refractivity contribution in [3.05, 3.63) is 35.9 Å². The summed E-state index contributed by atoms with van der Waals surface area (Å²) in [6, 6.07) is 11.5. The second kappa shape index (κ2) is 5.51. The molecule has 0 N–H and O–H groups in total. The van der Waals surface area contributed by atoms with Crippen molar-refractivity contribution in [1.29, 1.82) is 5.26 Å². The second-order valence-electron chi connectivity index (χ2n) is 4.49. The van der Waals surface area contributed by atoms with Crippen LogP contribution in [0.3, 0.4) is 0 Å². The highest BCUT2D eigenvalue weighted by Gasteiger charge is 2.36. The molecule has 1 aromatic rings. The maximum Gasteiger partial charge on any atom is 0.215 e. The third kappa shape index (κ3) is 3.31. The lowest BCUT2D eigenvalue weighted by Gasteiger charge is -2.18. The summed E-state index contributed by atoms with van der Waals surface area (Å²) < 4.78 is 25.7. The van der Waals surface area contributed by atoms with Crippen LogP contribution in [0.5, 0.6) is 0 Å². The molecular formula is C13H16N2O2S. The molecule has 1 fully saturated rings. The molecule has 96 valence electrons. The highest BCUT2D eigenvalue weighted by atomic mass is 32.2. The number of benzene rings is 1. The maximum absolute atomic E-state index is 12.2. The quantitative estimate of drug-likeness (QED) is 0.732. The van der Waals surface area contributed by atoms with E-state index in [0.717, 1.165) is 18.4 Å². The number of aryl methyl sites for hydroxylation is 1. The Morgan fingerprint density at radius 3 is 2.50 bits per heavy atom. The molecule has 1 aromatic carbocycles. The van der Waals surface area contributed by atoms with Gasteiger partial charge in [0.15, 0.2) is 0 Å². The fourth-order valence-corrected chi connectivity index (χ4v) is 3.54. The van der Waals surface area contributed by atoms with Gasteiger partial charge in [0.2, 0.25) is 10.0 Å². The molecule has 2 rings (SSSR count). The number of nitriles is 1. The Kier molecular flexibility index (Phi) is 4.00. The molecule has 0 saturated heterocycles. The average Bonchev–Trinajstić information content (AvgIpc) is 3.19. The van der Waals surface area contributed by atoms with Crippen molar-refractivity contribution < 1.29 is 8.42 Å². The minimum atomic E-state index is -3.31. The number of rotatable bonds is 6. The van der Waals surface area contributed by atoms with Crippen molar-refractivity contribution in [2.75, 3.05) is 12.3 Å². The normalized spacial score (nSPS) is 15.6. The predicted octanol–water partition coefficient (Wildman–Crippen LogP) is 1.55. The molecule has 1 aliphatic carbocycles. The average molecular weight is 264 g/mol. The molecule has 0 aromatic heterocycles. The van der Waals surface area contributed by atoms with Gasteiger partial charge in [0, 0.05) is 6.04 Å². The first-order valence-electron chi connectivity index (χ1n) is 6.04. The number of sulfonamides is 1. The van der Waals surface area contributed by atoms with Crippen molar-refractivity contribution >= 4 is 10.0 Å². The monoisotopic (exact) mass is 264 g/mol. The van der Waals surface area contributed by atoms with Gasteiger partial charge in [-0.3, -0.25) is 0 Å². The van der Waals surface area contributed by atoms with Crippen LogP contribution < -0.4 is 0 Å². The highest BCUT2D eigenvalue weighted by molar-refractivity contribution is 7.89. The fraction of sp³-hybridized carbons (Fsp3) is 0.462. The van der Waals surface area contributed by atoms with E-state index < -0.39 is 10.0 Å². The van der Waals surface area contributed by atoms with Gasteiger partial charge in [-0.25, -0.2) is 8.42 Å². The van der Waals surface area contributed by atoms with E-state index in [2.05, 4.69) is 0 Å². The van der Waals surface area contributed by atoms with Crippen LogP contribution in [-0.2, 0) is 16.4 Å². The first kappa shape index (κ1) is 13.1. The SMILES string of the molecule is N#CCN(C1CC1)S(=O)(=O)CCc1ccccc1. The Morgan fingerprint density at radius 1 is 1.28 bits per heavy atom. The van der Waals surface area contributed by atoms with E-state index in [9.17, 15) is 8.42 Å². The summed E-state index contributed by atoms with van der Waals surface area (Å²) in [6.45, 7) is -0.0260. The summed E-state index contributed by atoms with van der Waals surface area (Å²) in [5.41, 5.74) is 1.01. The molecule has 1 aliphatic rings. The van der Waals surface area contributed by atoms with Crippen LogP contribution in [-0.4, -0.2) is 31.1 Å². The summed E-state index contributed by atoms with van der Waals surface area (Å²) in [5.74, 6) is 0.0786. The van der Waals surface area contributed by atoms with Crippen LogP contribution in [0.2, 0.25) is 0 Å². The van der Waals surface area contributed by atoms with Gasteiger partial charge in [-0.05, 0) is 24.8 Å². The summed E-state index contributed by atoms with van der Waals surface area (Å²) in [4.78, 5) is 0. The summed E-state index contributed by atoms with van der Waals surface area (Å²) >= 11 is 0. The fourth-order valence-electron chi connectivity index (χ4n) is 1.90. The molecule has 0 aliphatic heterocycles. The topological polar surface area (TPSA) is 61.2 Å². The Bertz CT molecular complexity index is 530. The molecule has 0 bridgehead atoms. The first-order chi connectivity index (χ1) is 8.63. The number of hydrogen-bond acceptors (Lipinski definition) is 3. The third-order valence-corrected chi connectivity index (χ3v) is 4.89. The molecule has 0 spiro atoms. The van der Waals surface area contributed by atoms with Gasteiger partial charge >= 0.3 is 0 Å². The Morgan fingerprint density at radius 2 is 1.94 bits per heavy atom. The van der Waals surface area contributed by atoms with Crippen LogP contribution in [0.4, 0.5) is 0 Å². The van der Waals surface area contributed by atoms with E-state index >= 15 is 0 Å². The van der Waals surface area contributed by atoms with Crippen LogP contribution >= 0.6 is 0 Å². The third-order valence-electron chi connectivity index (χ3n) is 3.03. The Hall–Kier alpha value is -1.38. The Labute approximate surface area is 108 Å². The van der Waals surface area contributed by atoms with Crippen LogP contribution in [0.1, 0.15) is 18.4 Å². The lowest BCUT2D eigenvalue weighted by Crippen LogP contribution is -2.35. The second-order valence-corrected chi connectivity index (χ2v) is 6.53. The van der Waals surface area contributed by atoms with Gasteiger partial charge in [0.1, 0.15) is 6.54 Å². The van der Waals surface area contributed by atoms with Crippen molar-refractivity contribution in [2.24, 2.45) is 0 Å². The van der Waals surface area contributed by atoms with E-state index in [1.54, 1.807) is 0 Å². The van der Waals surface area contributed by atoms with E-state index in [0.29, 0.717) is 6.42 Å². The smallest absolute Gasteiger partial charge is 0.212 e. The highest BCUT2D eigenvalue weighted by Crippen LogP contribution is 2.29. The number of nitrogens with zero attached hydrogens (tertiary/aromatic N) is 2. The molecule has 4 nitrogen and oxygen atoms in total. The zero-order chi connectivity index (χ0) is 13.0. The summed E-state index contributed by atoms with van der Waals surface area (Å²) in [7, 11) is -3.31. The molecule has 0 unspecified atom stereocenters. The Balaban J connectivity index is 2.00. The largest absolute Gasteiger partial charge is 0.215 e. The van der Waals surface area contributed by atoms with Crippen LogP contribution in [0, 0.1) is 11.3 Å². The molecule has 0 amide bonds. The number of hydrogen-bond donors (Lipinski definition) is 0. The van der Waals surface area contributed by atoms with Crippen molar-refractivity contribution in [3.63, 3.8) is 0 Å². The van der Waals surface area contributed by atoms with E-state index in [1.807, 2.05) is 36.4 Å². The minimum absolute atomic E-state index is 0.0260. The lowest BCUT2D eigenvalue weighted by atomic mass is 10.2. The van der Waals surface area contributed by atoms with Crippen molar-refractivity contribution in [2.45, 2.75) is 25.3 Å². The molecular weight excluding hydrogens is 248 g/mol. The zero-order valence-electron chi connectivity index (χ0n) is 10.1. The molecule has 0 atom stereocenters. The van der Waals surface area contributed by atoms with Gasteiger partial charge in [-0.2, -0.15) is 9.57 Å². The van der Waals surface area contributed by atoms with Crippen molar-refractivity contribution in [3.8, 4) is 6.07 Å². The molecule has 5 heteroatoms.